The van der Waals surface area contributed by atoms with E-state index in [2.05, 4.69) is 14.7 Å². The fourth-order valence-corrected chi connectivity index (χ4v) is 1.54. The topological polar surface area (TPSA) is 77.7 Å². The molecule has 7 nitrogen and oxygen atoms in total. The van der Waals surface area contributed by atoms with Gasteiger partial charge >= 0.3 is 12.1 Å². The zero-order valence-electron chi connectivity index (χ0n) is 14.8. The first kappa shape index (κ1) is 21.6. The predicted octanol–water partition coefficient (Wildman–Crippen LogP) is 3.32. The summed E-state index contributed by atoms with van der Waals surface area (Å²) in [4.78, 5) is 18.6. The highest BCUT2D eigenvalue weighted by molar-refractivity contribution is 5.55. The zero-order chi connectivity index (χ0) is 19.7. The largest absolute Gasteiger partial charge is 0.471 e. The fourth-order valence-electron chi connectivity index (χ4n) is 1.54. The summed E-state index contributed by atoms with van der Waals surface area (Å²) in [6, 6.07) is 6.29. The summed E-state index contributed by atoms with van der Waals surface area (Å²) in [5.41, 5.74) is 1.10. The molecule has 0 N–H and O–H groups in total. The highest BCUT2D eigenvalue weighted by atomic mass is 19.4. The predicted molar refractivity (Wildman–Crippen MR) is 85.5 cm³/mol. The van der Waals surface area contributed by atoms with Crippen LogP contribution in [0, 0.1) is 0 Å². The Hall–Kier alpha value is -2.46. The molecule has 0 aliphatic carbocycles. The number of hydrogen-bond donors (Lipinski definition) is 0. The van der Waals surface area contributed by atoms with Crippen LogP contribution in [0.5, 0.6) is 0 Å². The quantitative estimate of drug-likeness (QED) is 0.569. The van der Waals surface area contributed by atoms with Gasteiger partial charge in [-0.15, -0.1) is 0 Å². The Morgan fingerprint density at radius 3 is 2.19 bits per heavy atom. The van der Waals surface area contributed by atoms with Crippen molar-refractivity contribution in [3.8, 4) is 11.4 Å². The van der Waals surface area contributed by atoms with Crippen molar-refractivity contribution in [1.29, 1.82) is 0 Å². The minimum Gasteiger partial charge on any atom is -0.382 e. The summed E-state index contributed by atoms with van der Waals surface area (Å²) >= 11 is 0. The molecule has 0 aliphatic heterocycles. The van der Waals surface area contributed by atoms with Gasteiger partial charge in [0.15, 0.2) is 0 Å². The molecular weight excluding hydrogens is 355 g/mol. The highest BCUT2D eigenvalue weighted by Gasteiger charge is 2.38. The van der Waals surface area contributed by atoms with Crippen LogP contribution < -0.4 is 0 Å². The van der Waals surface area contributed by atoms with Crippen molar-refractivity contribution in [1.82, 2.24) is 15.2 Å². The SMILES string of the molecule is COC(C)C.CON(C=O)Cc1ccc(-c2noc(C(F)(F)F)n2)cc1. The van der Waals surface area contributed by atoms with Crippen molar-refractivity contribution in [3.05, 3.63) is 35.7 Å². The van der Waals surface area contributed by atoms with Crippen molar-refractivity contribution in [3.63, 3.8) is 0 Å². The lowest BCUT2D eigenvalue weighted by Crippen LogP contribution is -2.19. The summed E-state index contributed by atoms with van der Waals surface area (Å²) in [5, 5.41) is 4.34. The second kappa shape index (κ2) is 9.88. The minimum absolute atomic E-state index is 0.159. The van der Waals surface area contributed by atoms with Gasteiger partial charge in [-0.05, 0) is 19.4 Å². The Bertz CT molecular complexity index is 672. The van der Waals surface area contributed by atoms with Gasteiger partial charge in [-0.1, -0.05) is 29.4 Å². The summed E-state index contributed by atoms with van der Waals surface area (Å²) in [5.74, 6) is -1.55. The van der Waals surface area contributed by atoms with E-state index in [1.807, 2.05) is 13.8 Å². The Balaban J connectivity index is 0.000000597. The first-order chi connectivity index (χ1) is 12.2. The number of rotatable bonds is 6. The number of amides is 1. The van der Waals surface area contributed by atoms with Crippen molar-refractivity contribution in [2.24, 2.45) is 0 Å². The Labute approximate surface area is 148 Å². The van der Waals surface area contributed by atoms with E-state index in [0.29, 0.717) is 18.1 Å². The number of ether oxygens (including phenoxy) is 1. The van der Waals surface area contributed by atoms with Gasteiger partial charge in [-0.3, -0.25) is 9.63 Å². The number of carbonyl (C=O) groups is 1. The van der Waals surface area contributed by atoms with Crippen LogP contribution in [0.4, 0.5) is 13.2 Å². The number of alkyl halides is 3. The molecule has 144 valence electrons. The van der Waals surface area contributed by atoms with E-state index >= 15 is 0 Å². The van der Waals surface area contributed by atoms with E-state index in [-0.39, 0.29) is 12.4 Å². The molecule has 2 aromatic rings. The fraction of sp³-hybridized carbons (Fsp3) is 0.438. The number of carbonyl (C=O) groups excluding carboxylic acids is 1. The third kappa shape index (κ3) is 6.81. The van der Waals surface area contributed by atoms with Gasteiger partial charge in [0.25, 0.3) is 0 Å². The maximum Gasteiger partial charge on any atom is 0.471 e. The van der Waals surface area contributed by atoms with Crippen molar-refractivity contribution in [2.75, 3.05) is 14.2 Å². The second-order valence-electron chi connectivity index (χ2n) is 5.27. The van der Waals surface area contributed by atoms with E-state index in [1.165, 1.54) is 19.2 Å². The maximum absolute atomic E-state index is 12.4. The van der Waals surface area contributed by atoms with E-state index in [9.17, 15) is 18.0 Å². The normalized spacial score (nSPS) is 11.1. The minimum atomic E-state index is -4.67. The third-order valence-corrected chi connectivity index (χ3v) is 3.04. The Kier molecular flexibility index (Phi) is 8.20. The molecule has 0 fully saturated rings. The molecule has 0 unspecified atom stereocenters. The molecule has 1 aromatic heterocycles. The molecule has 0 bridgehead atoms. The van der Waals surface area contributed by atoms with E-state index in [1.54, 1.807) is 19.2 Å². The average molecular weight is 375 g/mol. The molecule has 1 aromatic carbocycles. The molecule has 26 heavy (non-hydrogen) atoms. The van der Waals surface area contributed by atoms with Crippen LogP contribution >= 0.6 is 0 Å². The zero-order valence-corrected chi connectivity index (χ0v) is 14.8. The first-order valence-corrected chi connectivity index (χ1v) is 7.50. The summed E-state index contributed by atoms with van der Waals surface area (Å²) in [7, 11) is 3.05. The molecule has 0 atom stereocenters. The van der Waals surface area contributed by atoms with Crippen LogP contribution in [0.2, 0.25) is 0 Å². The van der Waals surface area contributed by atoms with Crippen molar-refractivity contribution in [2.45, 2.75) is 32.7 Å². The van der Waals surface area contributed by atoms with Crippen LogP contribution in [-0.2, 0) is 27.1 Å². The molecule has 0 spiro atoms. The molecular formula is C16H20F3N3O4. The second-order valence-corrected chi connectivity index (χ2v) is 5.27. The molecule has 0 radical (unpaired) electrons. The number of nitrogens with zero attached hydrogens (tertiary/aromatic N) is 3. The van der Waals surface area contributed by atoms with Crippen molar-refractivity contribution >= 4 is 6.41 Å². The number of halogens is 3. The van der Waals surface area contributed by atoms with Gasteiger partial charge in [0.2, 0.25) is 12.2 Å². The summed E-state index contributed by atoms with van der Waals surface area (Å²) in [6.07, 6.45) is -3.77. The molecule has 0 saturated heterocycles. The number of methoxy groups -OCH3 is 1. The lowest BCUT2D eigenvalue weighted by molar-refractivity contribution is -0.163. The first-order valence-electron chi connectivity index (χ1n) is 7.50. The van der Waals surface area contributed by atoms with Gasteiger partial charge in [-0.2, -0.15) is 18.2 Å². The average Bonchev–Trinajstić information content (AvgIpc) is 3.11. The van der Waals surface area contributed by atoms with E-state index in [4.69, 9.17) is 9.57 Å². The summed E-state index contributed by atoms with van der Waals surface area (Å²) in [6.45, 7) is 4.21. The lowest BCUT2D eigenvalue weighted by atomic mass is 10.1. The van der Waals surface area contributed by atoms with E-state index in [0.717, 1.165) is 10.6 Å². The Morgan fingerprint density at radius 1 is 1.23 bits per heavy atom. The van der Waals surface area contributed by atoms with Gasteiger partial charge in [0.05, 0.1) is 19.8 Å². The number of aromatic nitrogens is 2. The van der Waals surface area contributed by atoms with E-state index < -0.39 is 12.1 Å². The number of hydroxylamine groups is 2. The lowest BCUT2D eigenvalue weighted by Gasteiger charge is -2.13. The van der Waals surface area contributed by atoms with Gasteiger partial charge in [-0.25, -0.2) is 5.06 Å². The summed E-state index contributed by atoms with van der Waals surface area (Å²) < 4.78 is 46.0. The third-order valence-electron chi connectivity index (χ3n) is 3.04. The standard InChI is InChI=1S/C12H10F3N3O3.C4H10O/c1-20-18(7-19)6-8-2-4-9(5-3-8)10-16-11(21-17-10)12(13,14)15;1-4(2)5-3/h2-5,7H,6H2,1H3;4H,1-3H3. The van der Waals surface area contributed by atoms with Crippen LogP contribution in [0.1, 0.15) is 25.3 Å². The van der Waals surface area contributed by atoms with Gasteiger partial charge < -0.3 is 9.26 Å². The molecule has 2 rings (SSSR count). The van der Waals surface area contributed by atoms with Crippen LogP contribution in [-0.4, -0.2) is 41.9 Å². The van der Waals surface area contributed by atoms with Crippen molar-refractivity contribution < 1.29 is 32.1 Å². The smallest absolute Gasteiger partial charge is 0.382 e. The molecule has 0 saturated carbocycles. The van der Waals surface area contributed by atoms with Crippen LogP contribution in [0.25, 0.3) is 11.4 Å². The highest BCUT2D eigenvalue weighted by Crippen LogP contribution is 2.29. The van der Waals surface area contributed by atoms with Gasteiger partial charge in [0, 0.05) is 12.7 Å². The van der Waals surface area contributed by atoms with Crippen LogP contribution in [0.3, 0.4) is 0 Å². The number of hydrogen-bond acceptors (Lipinski definition) is 6. The molecule has 1 amide bonds. The maximum atomic E-state index is 12.4. The van der Waals surface area contributed by atoms with Gasteiger partial charge in [0.1, 0.15) is 0 Å². The molecule has 1 heterocycles. The Morgan fingerprint density at radius 2 is 1.81 bits per heavy atom. The van der Waals surface area contributed by atoms with Crippen LogP contribution in [0.15, 0.2) is 28.8 Å². The molecule has 10 heteroatoms. The molecule has 0 aliphatic rings. The monoisotopic (exact) mass is 375 g/mol. The number of benzene rings is 1.